The highest BCUT2D eigenvalue weighted by molar-refractivity contribution is 6.30. The summed E-state index contributed by atoms with van der Waals surface area (Å²) in [6.07, 6.45) is 2.69. The van der Waals surface area contributed by atoms with E-state index in [1.165, 1.54) is 12.1 Å². The molecule has 1 saturated heterocycles. The summed E-state index contributed by atoms with van der Waals surface area (Å²) in [6, 6.07) is 13.1. The lowest BCUT2D eigenvalue weighted by Crippen LogP contribution is -2.47. The molecule has 1 fully saturated rings. The van der Waals surface area contributed by atoms with Crippen molar-refractivity contribution in [2.24, 2.45) is 0 Å². The summed E-state index contributed by atoms with van der Waals surface area (Å²) in [5.74, 6) is -1.30. The van der Waals surface area contributed by atoms with Crippen molar-refractivity contribution in [2.45, 2.75) is 6.54 Å². The third-order valence-corrected chi connectivity index (χ3v) is 5.64. The standard InChI is InChI=1S/C24H21ClFN3O4/c25-18-5-1-16(2-6-18)20(17-3-7-19(26)8-4-17)13-23(30)29-11-9-28(10-12-29)14-22-27-21(15-33-22)24(31)32/h1-8,13,15H,9-12,14H2,(H,31,32)/b20-13+. The van der Waals surface area contributed by atoms with Gasteiger partial charge in [0.25, 0.3) is 0 Å². The lowest BCUT2D eigenvalue weighted by Gasteiger charge is -2.33. The van der Waals surface area contributed by atoms with Crippen LogP contribution in [0.1, 0.15) is 27.5 Å². The fraction of sp³-hybridized carbons (Fsp3) is 0.208. The summed E-state index contributed by atoms with van der Waals surface area (Å²) in [4.78, 5) is 31.7. The number of halogens is 2. The number of aromatic nitrogens is 1. The number of oxazole rings is 1. The lowest BCUT2D eigenvalue weighted by molar-refractivity contribution is -0.127. The molecule has 0 spiro atoms. The molecule has 4 rings (SSSR count). The van der Waals surface area contributed by atoms with E-state index in [1.807, 2.05) is 17.0 Å². The Balaban J connectivity index is 1.46. The minimum absolute atomic E-state index is 0.125. The zero-order valence-electron chi connectivity index (χ0n) is 17.6. The van der Waals surface area contributed by atoms with Crippen LogP contribution in [0.4, 0.5) is 4.39 Å². The summed E-state index contributed by atoms with van der Waals surface area (Å²) >= 11 is 6.01. The average Bonchev–Trinajstić information content (AvgIpc) is 3.28. The lowest BCUT2D eigenvalue weighted by atomic mass is 9.97. The third kappa shape index (κ3) is 5.66. The Morgan fingerprint density at radius 3 is 2.21 bits per heavy atom. The average molecular weight is 470 g/mol. The van der Waals surface area contributed by atoms with Crippen LogP contribution in [-0.4, -0.2) is 57.9 Å². The van der Waals surface area contributed by atoms with Crippen molar-refractivity contribution >= 4 is 29.1 Å². The first kappa shape index (κ1) is 22.7. The van der Waals surface area contributed by atoms with Gasteiger partial charge in [0.15, 0.2) is 5.69 Å². The van der Waals surface area contributed by atoms with E-state index >= 15 is 0 Å². The van der Waals surface area contributed by atoms with Crippen LogP contribution < -0.4 is 0 Å². The molecule has 2 heterocycles. The normalized spacial score (nSPS) is 15.0. The van der Waals surface area contributed by atoms with Crippen molar-refractivity contribution in [3.05, 3.63) is 94.4 Å². The number of hydrogen-bond donors (Lipinski definition) is 1. The Hall–Kier alpha value is -3.49. The Labute approximate surface area is 194 Å². The quantitative estimate of drug-likeness (QED) is 0.550. The number of benzene rings is 2. The van der Waals surface area contributed by atoms with Gasteiger partial charge in [-0.3, -0.25) is 9.69 Å². The van der Waals surface area contributed by atoms with Crippen molar-refractivity contribution in [1.29, 1.82) is 0 Å². The number of carboxylic acids is 1. The SMILES string of the molecule is O=C(O)c1coc(CN2CCN(C(=O)/C=C(/c3ccc(F)cc3)c3ccc(Cl)cc3)CC2)n1. The van der Waals surface area contributed by atoms with E-state index in [2.05, 4.69) is 4.98 Å². The molecule has 0 aliphatic carbocycles. The van der Waals surface area contributed by atoms with Crippen molar-refractivity contribution in [1.82, 2.24) is 14.8 Å². The van der Waals surface area contributed by atoms with E-state index in [9.17, 15) is 14.0 Å². The van der Waals surface area contributed by atoms with E-state index < -0.39 is 5.97 Å². The van der Waals surface area contributed by atoms with Crippen molar-refractivity contribution in [3.8, 4) is 0 Å². The highest BCUT2D eigenvalue weighted by Crippen LogP contribution is 2.25. The molecule has 0 bridgehead atoms. The maximum Gasteiger partial charge on any atom is 0.357 e. The predicted molar refractivity (Wildman–Crippen MR) is 120 cm³/mol. The molecule has 1 aromatic heterocycles. The molecule has 33 heavy (non-hydrogen) atoms. The van der Waals surface area contributed by atoms with Gasteiger partial charge in [-0.05, 0) is 41.0 Å². The molecule has 1 aliphatic heterocycles. The molecular weight excluding hydrogens is 449 g/mol. The number of carboxylic acid groups (broad SMARTS) is 1. The van der Waals surface area contributed by atoms with Gasteiger partial charge in [0.1, 0.15) is 12.1 Å². The number of carbonyl (C=O) groups excluding carboxylic acids is 1. The molecule has 0 unspecified atom stereocenters. The third-order valence-electron chi connectivity index (χ3n) is 5.39. The largest absolute Gasteiger partial charge is 0.476 e. The molecule has 0 atom stereocenters. The highest BCUT2D eigenvalue weighted by atomic mass is 35.5. The molecule has 1 aliphatic rings. The summed E-state index contributed by atoms with van der Waals surface area (Å²) < 4.78 is 18.6. The van der Waals surface area contributed by atoms with Gasteiger partial charge < -0.3 is 14.4 Å². The van der Waals surface area contributed by atoms with E-state index in [0.717, 1.165) is 17.4 Å². The Bertz CT molecular complexity index is 1120. The van der Waals surface area contributed by atoms with Gasteiger partial charge in [0.05, 0.1) is 6.54 Å². The van der Waals surface area contributed by atoms with Crippen LogP contribution in [0.3, 0.4) is 0 Å². The van der Waals surface area contributed by atoms with Gasteiger partial charge in [0, 0.05) is 37.3 Å². The summed E-state index contributed by atoms with van der Waals surface area (Å²) in [7, 11) is 0. The van der Waals surface area contributed by atoms with E-state index in [-0.39, 0.29) is 17.4 Å². The smallest absolute Gasteiger partial charge is 0.357 e. The zero-order chi connectivity index (χ0) is 23.4. The fourth-order valence-corrected chi connectivity index (χ4v) is 3.73. The van der Waals surface area contributed by atoms with Crippen molar-refractivity contribution in [3.63, 3.8) is 0 Å². The van der Waals surface area contributed by atoms with Crippen LogP contribution in [0.25, 0.3) is 5.57 Å². The van der Waals surface area contributed by atoms with Gasteiger partial charge in [-0.25, -0.2) is 14.2 Å². The first-order chi connectivity index (χ1) is 15.9. The molecule has 0 radical (unpaired) electrons. The van der Waals surface area contributed by atoms with Gasteiger partial charge >= 0.3 is 5.97 Å². The molecule has 170 valence electrons. The van der Waals surface area contributed by atoms with Gasteiger partial charge in [0.2, 0.25) is 11.8 Å². The molecular formula is C24H21ClFN3O4. The molecule has 1 N–H and O–H groups in total. The van der Waals surface area contributed by atoms with Gasteiger partial charge in [-0.1, -0.05) is 35.9 Å². The minimum atomic E-state index is -1.13. The predicted octanol–water partition coefficient (Wildman–Crippen LogP) is 3.94. The van der Waals surface area contributed by atoms with Gasteiger partial charge in [-0.15, -0.1) is 0 Å². The highest BCUT2D eigenvalue weighted by Gasteiger charge is 2.22. The molecule has 1 amide bonds. The molecule has 3 aromatic rings. The number of hydrogen-bond acceptors (Lipinski definition) is 5. The second kappa shape index (κ2) is 9.97. The number of amides is 1. The van der Waals surface area contributed by atoms with Crippen LogP contribution in [0, 0.1) is 5.82 Å². The van der Waals surface area contributed by atoms with E-state index in [0.29, 0.717) is 49.2 Å². The summed E-state index contributed by atoms with van der Waals surface area (Å²) in [6.45, 7) is 2.56. The van der Waals surface area contributed by atoms with Crippen LogP contribution in [0.2, 0.25) is 5.02 Å². The van der Waals surface area contributed by atoms with Gasteiger partial charge in [-0.2, -0.15) is 0 Å². The second-order valence-corrected chi connectivity index (χ2v) is 8.04. The molecule has 7 nitrogen and oxygen atoms in total. The van der Waals surface area contributed by atoms with Crippen molar-refractivity contribution in [2.75, 3.05) is 26.2 Å². The Kier molecular flexibility index (Phi) is 6.86. The van der Waals surface area contributed by atoms with E-state index in [1.54, 1.807) is 35.2 Å². The zero-order valence-corrected chi connectivity index (χ0v) is 18.3. The van der Waals surface area contributed by atoms with Crippen LogP contribution >= 0.6 is 11.6 Å². The summed E-state index contributed by atoms with van der Waals surface area (Å²) in [5, 5.41) is 9.54. The summed E-state index contributed by atoms with van der Waals surface area (Å²) in [5.41, 5.74) is 2.08. The molecule has 2 aromatic carbocycles. The van der Waals surface area contributed by atoms with Crippen molar-refractivity contribution < 1.29 is 23.5 Å². The number of nitrogens with zero attached hydrogens (tertiary/aromatic N) is 3. The number of carbonyl (C=O) groups is 2. The van der Waals surface area contributed by atoms with Crippen LogP contribution in [0.15, 0.2) is 65.3 Å². The number of aromatic carboxylic acids is 1. The van der Waals surface area contributed by atoms with Crippen LogP contribution in [0.5, 0.6) is 0 Å². The first-order valence-corrected chi connectivity index (χ1v) is 10.7. The topological polar surface area (TPSA) is 86.9 Å². The Morgan fingerprint density at radius 1 is 1.03 bits per heavy atom. The maximum atomic E-state index is 13.4. The molecule has 9 heteroatoms. The fourth-order valence-electron chi connectivity index (χ4n) is 3.61. The maximum absolute atomic E-state index is 13.4. The second-order valence-electron chi connectivity index (χ2n) is 7.60. The number of rotatable bonds is 6. The van der Waals surface area contributed by atoms with Crippen LogP contribution in [-0.2, 0) is 11.3 Å². The first-order valence-electron chi connectivity index (χ1n) is 10.3. The Morgan fingerprint density at radius 2 is 1.64 bits per heavy atom. The monoisotopic (exact) mass is 469 g/mol. The molecule has 0 saturated carbocycles. The van der Waals surface area contributed by atoms with E-state index in [4.69, 9.17) is 21.1 Å². The minimum Gasteiger partial charge on any atom is -0.476 e. The number of piperazine rings is 1.